The average molecular weight is 411 g/mol. The van der Waals surface area contributed by atoms with E-state index in [2.05, 4.69) is 21.1 Å². The lowest BCUT2D eigenvalue weighted by atomic mass is 9.93. The Morgan fingerprint density at radius 3 is 2.40 bits per heavy atom. The van der Waals surface area contributed by atoms with Crippen LogP contribution in [0.25, 0.3) is 0 Å². The summed E-state index contributed by atoms with van der Waals surface area (Å²) in [7, 11) is 0. The summed E-state index contributed by atoms with van der Waals surface area (Å²) in [5, 5.41) is 2.89. The molecule has 2 atom stereocenters. The highest BCUT2D eigenvalue weighted by molar-refractivity contribution is 5.92. The summed E-state index contributed by atoms with van der Waals surface area (Å²) >= 11 is 0. The van der Waals surface area contributed by atoms with Gasteiger partial charge in [0, 0.05) is 38.4 Å². The molecule has 0 aliphatic carbocycles. The van der Waals surface area contributed by atoms with Gasteiger partial charge in [-0.1, -0.05) is 30.3 Å². The van der Waals surface area contributed by atoms with Gasteiger partial charge in [-0.2, -0.15) is 0 Å². The van der Waals surface area contributed by atoms with Crippen LogP contribution in [-0.2, 0) is 9.59 Å². The van der Waals surface area contributed by atoms with Gasteiger partial charge < -0.3 is 10.2 Å². The van der Waals surface area contributed by atoms with Crippen LogP contribution >= 0.6 is 0 Å². The number of piperazine rings is 1. The Labute approximate surface area is 175 Å². The third kappa shape index (κ3) is 4.84. The Kier molecular flexibility index (Phi) is 6.37. The standard InChI is InChI=1S/C22H26FN5O2/c23-17-8-6-16(7-9-17)21-19(14-24-26-21)22(30)28-12-10-27(11-13-28)15-20(29)25-18-4-2-1-3-5-18/h1-9,19,21,24,26H,10-15H2,(H,25,29). The molecule has 2 fully saturated rings. The van der Waals surface area contributed by atoms with E-state index in [-0.39, 0.29) is 29.6 Å². The topological polar surface area (TPSA) is 76.7 Å². The van der Waals surface area contributed by atoms with E-state index in [4.69, 9.17) is 0 Å². The molecule has 0 aromatic heterocycles. The normalized spacial score (nSPS) is 22.1. The van der Waals surface area contributed by atoms with Gasteiger partial charge in [0.15, 0.2) is 0 Å². The van der Waals surface area contributed by atoms with Crippen molar-refractivity contribution in [2.75, 3.05) is 44.6 Å². The summed E-state index contributed by atoms with van der Waals surface area (Å²) in [6.45, 7) is 3.32. The molecule has 4 rings (SSSR count). The molecule has 2 aromatic carbocycles. The van der Waals surface area contributed by atoms with Crippen LogP contribution in [0.1, 0.15) is 11.6 Å². The van der Waals surface area contributed by atoms with Crippen LogP contribution in [0.4, 0.5) is 10.1 Å². The molecule has 0 bridgehead atoms. The number of hydrogen-bond acceptors (Lipinski definition) is 5. The van der Waals surface area contributed by atoms with Gasteiger partial charge in [0.2, 0.25) is 11.8 Å². The molecule has 2 heterocycles. The quantitative estimate of drug-likeness (QED) is 0.693. The third-order valence-electron chi connectivity index (χ3n) is 5.64. The Balaban J connectivity index is 1.28. The number of hydrazine groups is 1. The van der Waals surface area contributed by atoms with Crippen LogP contribution in [-0.4, -0.2) is 60.9 Å². The second-order valence-corrected chi connectivity index (χ2v) is 7.68. The van der Waals surface area contributed by atoms with Crippen LogP contribution in [0.5, 0.6) is 0 Å². The highest BCUT2D eigenvalue weighted by atomic mass is 19.1. The van der Waals surface area contributed by atoms with Gasteiger partial charge >= 0.3 is 0 Å². The summed E-state index contributed by atoms with van der Waals surface area (Å²) in [5.74, 6) is -0.514. The fourth-order valence-corrected chi connectivity index (χ4v) is 4.00. The molecule has 0 spiro atoms. The number of rotatable bonds is 5. The number of carbonyl (C=O) groups excluding carboxylic acids is 2. The van der Waals surface area contributed by atoms with Crippen molar-refractivity contribution in [3.63, 3.8) is 0 Å². The van der Waals surface area contributed by atoms with Gasteiger partial charge in [0.1, 0.15) is 5.82 Å². The largest absolute Gasteiger partial charge is 0.340 e. The zero-order valence-corrected chi connectivity index (χ0v) is 16.7. The van der Waals surface area contributed by atoms with Crippen molar-refractivity contribution in [3.05, 3.63) is 66.0 Å². The molecule has 158 valence electrons. The second kappa shape index (κ2) is 9.34. The van der Waals surface area contributed by atoms with Crippen LogP contribution < -0.4 is 16.2 Å². The molecular weight excluding hydrogens is 385 g/mol. The van der Waals surface area contributed by atoms with E-state index in [0.717, 1.165) is 11.3 Å². The number of para-hydroxylation sites is 1. The van der Waals surface area contributed by atoms with Gasteiger partial charge in [0.05, 0.1) is 18.5 Å². The van der Waals surface area contributed by atoms with Crippen molar-refractivity contribution in [1.29, 1.82) is 0 Å². The molecule has 30 heavy (non-hydrogen) atoms. The minimum atomic E-state index is -0.292. The Bertz CT molecular complexity index is 869. The minimum Gasteiger partial charge on any atom is -0.340 e. The lowest BCUT2D eigenvalue weighted by Gasteiger charge is -2.36. The van der Waals surface area contributed by atoms with Gasteiger partial charge in [-0.3, -0.25) is 19.9 Å². The van der Waals surface area contributed by atoms with Crippen LogP contribution in [0.15, 0.2) is 54.6 Å². The predicted octanol–water partition coefficient (Wildman–Crippen LogP) is 1.37. The number of anilines is 1. The first-order chi connectivity index (χ1) is 14.6. The lowest BCUT2D eigenvalue weighted by molar-refractivity contribution is -0.137. The van der Waals surface area contributed by atoms with E-state index in [1.807, 2.05) is 35.2 Å². The molecule has 2 saturated heterocycles. The Hall–Kier alpha value is -2.81. The molecule has 2 amide bonds. The molecular formula is C22H26FN5O2. The Morgan fingerprint density at radius 2 is 1.70 bits per heavy atom. The molecule has 2 aliphatic rings. The predicted molar refractivity (Wildman–Crippen MR) is 112 cm³/mol. The van der Waals surface area contributed by atoms with Crippen molar-refractivity contribution < 1.29 is 14.0 Å². The maximum atomic E-state index is 13.2. The van der Waals surface area contributed by atoms with Crippen molar-refractivity contribution >= 4 is 17.5 Å². The summed E-state index contributed by atoms with van der Waals surface area (Å²) < 4.78 is 13.2. The summed E-state index contributed by atoms with van der Waals surface area (Å²) in [4.78, 5) is 29.3. The monoisotopic (exact) mass is 411 g/mol. The van der Waals surface area contributed by atoms with Gasteiger partial charge in [-0.15, -0.1) is 0 Å². The van der Waals surface area contributed by atoms with Crippen molar-refractivity contribution in [2.45, 2.75) is 6.04 Å². The highest BCUT2D eigenvalue weighted by Crippen LogP contribution is 2.27. The second-order valence-electron chi connectivity index (χ2n) is 7.68. The first-order valence-corrected chi connectivity index (χ1v) is 10.2. The van der Waals surface area contributed by atoms with E-state index >= 15 is 0 Å². The molecule has 2 aliphatic heterocycles. The van der Waals surface area contributed by atoms with E-state index in [1.165, 1.54) is 12.1 Å². The molecule has 7 nitrogen and oxygen atoms in total. The Morgan fingerprint density at radius 1 is 1.00 bits per heavy atom. The van der Waals surface area contributed by atoms with E-state index in [9.17, 15) is 14.0 Å². The van der Waals surface area contributed by atoms with Gasteiger partial charge in [-0.05, 0) is 29.8 Å². The minimum absolute atomic E-state index is 0.0541. The van der Waals surface area contributed by atoms with Crippen molar-refractivity contribution in [2.24, 2.45) is 5.92 Å². The smallest absolute Gasteiger partial charge is 0.238 e. The number of benzene rings is 2. The molecule has 0 saturated carbocycles. The SMILES string of the molecule is O=C(CN1CCN(C(=O)C2CNNC2c2ccc(F)cc2)CC1)Nc1ccccc1. The zero-order valence-electron chi connectivity index (χ0n) is 16.7. The van der Waals surface area contributed by atoms with Crippen LogP contribution in [0.2, 0.25) is 0 Å². The summed E-state index contributed by atoms with van der Waals surface area (Å²) in [6, 6.07) is 15.4. The van der Waals surface area contributed by atoms with Gasteiger partial charge in [0.25, 0.3) is 0 Å². The maximum Gasteiger partial charge on any atom is 0.238 e. The van der Waals surface area contributed by atoms with Crippen molar-refractivity contribution in [1.82, 2.24) is 20.7 Å². The number of nitrogens with one attached hydrogen (secondary N) is 3. The summed E-state index contributed by atoms with van der Waals surface area (Å²) in [6.07, 6.45) is 0. The van der Waals surface area contributed by atoms with E-state index < -0.39 is 0 Å². The third-order valence-corrected chi connectivity index (χ3v) is 5.64. The fraction of sp³-hybridized carbons (Fsp3) is 0.364. The maximum absolute atomic E-state index is 13.2. The van der Waals surface area contributed by atoms with Crippen molar-refractivity contribution in [3.8, 4) is 0 Å². The lowest BCUT2D eigenvalue weighted by Crippen LogP contribution is -2.52. The molecule has 2 unspecified atom stereocenters. The molecule has 8 heteroatoms. The van der Waals surface area contributed by atoms with Gasteiger partial charge in [-0.25, -0.2) is 9.82 Å². The number of hydrogen-bond donors (Lipinski definition) is 3. The van der Waals surface area contributed by atoms with Crippen LogP contribution in [0, 0.1) is 11.7 Å². The number of amides is 2. The average Bonchev–Trinajstić information content (AvgIpc) is 3.25. The molecule has 2 aromatic rings. The fourth-order valence-electron chi connectivity index (χ4n) is 4.00. The highest BCUT2D eigenvalue weighted by Gasteiger charge is 2.37. The van der Waals surface area contributed by atoms with E-state index in [1.54, 1.807) is 12.1 Å². The van der Waals surface area contributed by atoms with E-state index in [0.29, 0.717) is 39.3 Å². The molecule has 0 radical (unpaired) electrons. The summed E-state index contributed by atoms with van der Waals surface area (Å²) in [5.41, 5.74) is 7.86. The number of nitrogens with zero attached hydrogens (tertiary/aromatic N) is 2. The van der Waals surface area contributed by atoms with Crippen LogP contribution in [0.3, 0.4) is 0 Å². The molecule has 3 N–H and O–H groups in total. The first-order valence-electron chi connectivity index (χ1n) is 10.2. The first kappa shape index (κ1) is 20.5. The number of halogens is 1. The number of carbonyl (C=O) groups is 2. The zero-order chi connectivity index (χ0) is 20.9.